The van der Waals surface area contributed by atoms with Crippen molar-refractivity contribution in [3.05, 3.63) is 72.3 Å². The average molecular weight is 627 g/mol. The van der Waals surface area contributed by atoms with Gasteiger partial charge in [-0.25, -0.2) is 19.2 Å². The number of hydrogen-bond donors (Lipinski definition) is 0. The van der Waals surface area contributed by atoms with Crippen LogP contribution in [0.15, 0.2) is 61.2 Å². The Hall–Kier alpha value is -4.75. The van der Waals surface area contributed by atoms with Crippen LogP contribution in [0.4, 0.5) is 4.79 Å². The Kier molecular flexibility index (Phi) is 12.0. The average Bonchev–Trinajstić information content (AvgIpc) is 3.61. The highest BCUT2D eigenvalue weighted by Gasteiger charge is 2.51. The van der Waals surface area contributed by atoms with E-state index in [4.69, 9.17) is 37.9 Å². The first-order valence-corrected chi connectivity index (χ1v) is 14.4. The standard InChI is InChI=1S/C32H34O13/c1-3-27(34)38-16-6-4-5-7-17-39-32(37)44-24-14-10-21(11-15-24)30(35)43-23-12-8-22(9-13-23)31(36)45-26-19-41-28-25(42-20(2)33)18-40-29(26)28/h3,8-15,25-26,28-29H,1,4-7,16-19H2,2H3/t25?,26-,28?,29?/m0/s1. The van der Waals surface area contributed by atoms with E-state index in [1.165, 1.54) is 55.5 Å². The van der Waals surface area contributed by atoms with E-state index in [1.54, 1.807) is 0 Å². The van der Waals surface area contributed by atoms with Crippen LogP contribution in [0.1, 0.15) is 53.3 Å². The van der Waals surface area contributed by atoms with Gasteiger partial charge in [-0.3, -0.25) is 4.79 Å². The highest BCUT2D eigenvalue weighted by Crippen LogP contribution is 2.31. The lowest BCUT2D eigenvalue weighted by molar-refractivity contribution is -0.151. The normalized spacial score (nSPS) is 19.9. The summed E-state index contributed by atoms with van der Waals surface area (Å²) in [5, 5.41) is 0. The minimum atomic E-state index is -0.869. The predicted octanol–water partition coefficient (Wildman–Crippen LogP) is 3.97. The van der Waals surface area contributed by atoms with Crippen molar-refractivity contribution in [2.75, 3.05) is 26.4 Å². The quantitative estimate of drug-likeness (QED) is 0.0741. The van der Waals surface area contributed by atoms with Crippen molar-refractivity contribution in [3.8, 4) is 11.5 Å². The van der Waals surface area contributed by atoms with Crippen LogP contribution >= 0.6 is 0 Å². The molecule has 2 aliphatic heterocycles. The Morgan fingerprint density at radius 2 is 1.22 bits per heavy atom. The third-order valence-electron chi connectivity index (χ3n) is 6.80. The number of ether oxygens (including phenoxy) is 8. The molecule has 2 saturated heterocycles. The molecule has 4 atom stereocenters. The second kappa shape index (κ2) is 16.4. The minimum absolute atomic E-state index is 0.110. The molecule has 0 amide bonds. The van der Waals surface area contributed by atoms with Gasteiger partial charge >= 0.3 is 30.0 Å². The first-order valence-electron chi connectivity index (χ1n) is 14.4. The summed E-state index contributed by atoms with van der Waals surface area (Å²) in [6.07, 6.45) is 0.924. The Morgan fingerprint density at radius 3 is 1.78 bits per heavy atom. The molecular weight excluding hydrogens is 592 g/mol. The van der Waals surface area contributed by atoms with Gasteiger partial charge < -0.3 is 37.9 Å². The van der Waals surface area contributed by atoms with Gasteiger partial charge in [-0.2, -0.15) is 0 Å². The number of hydrogen-bond acceptors (Lipinski definition) is 13. The van der Waals surface area contributed by atoms with E-state index < -0.39 is 54.4 Å². The van der Waals surface area contributed by atoms with Crippen LogP contribution in [-0.2, 0) is 38.0 Å². The van der Waals surface area contributed by atoms with Gasteiger partial charge in [-0.15, -0.1) is 0 Å². The molecule has 13 nitrogen and oxygen atoms in total. The number of fused-ring (bicyclic) bond motifs is 1. The maximum atomic E-state index is 12.7. The molecule has 2 aliphatic rings. The van der Waals surface area contributed by atoms with Crippen LogP contribution in [0.25, 0.3) is 0 Å². The van der Waals surface area contributed by atoms with Gasteiger partial charge in [-0.05, 0) is 74.2 Å². The van der Waals surface area contributed by atoms with Gasteiger partial charge in [0.25, 0.3) is 0 Å². The third kappa shape index (κ3) is 9.88. The number of benzene rings is 2. The van der Waals surface area contributed by atoms with Crippen molar-refractivity contribution >= 4 is 30.0 Å². The largest absolute Gasteiger partial charge is 0.513 e. The van der Waals surface area contributed by atoms with Gasteiger partial charge in [0, 0.05) is 13.0 Å². The highest BCUT2D eigenvalue weighted by molar-refractivity contribution is 5.92. The van der Waals surface area contributed by atoms with E-state index in [0.29, 0.717) is 19.4 Å². The van der Waals surface area contributed by atoms with E-state index in [0.717, 1.165) is 18.9 Å². The zero-order chi connectivity index (χ0) is 32.2. The summed E-state index contributed by atoms with van der Waals surface area (Å²) in [6, 6.07) is 11.6. The van der Waals surface area contributed by atoms with Crippen molar-refractivity contribution in [3.63, 3.8) is 0 Å². The van der Waals surface area contributed by atoms with Gasteiger partial charge in [0.15, 0.2) is 12.2 Å². The van der Waals surface area contributed by atoms with Gasteiger partial charge in [0.1, 0.15) is 23.7 Å². The van der Waals surface area contributed by atoms with Crippen LogP contribution in [0.3, 0.4) is 0 Å². The molecule has 3 unspecified atom stereocenters. The summed E-state index contributed by atoms with van der Waals surface area (Å²) in [4.78, 5) is 59.4. The smallest absolute Gasteiger partial charge is 0.463 e. The second-order valence-corrected chi connectivity index (χ2v) is 10.1. The zero-order valence-electron chi connectivity index (χ0n) is 24.7. The molecule has 0 aliphatic carbocycles. The second-order valence-electron chi connectivity index (χ2n) is 10.1. The summed E-state index contributed by atoms with van der Waals surface area (Å²) < 4.78 is 42.4. The molecule has 45 heavy (non-hydrogen) atoms. The van der Waals surface area contributed by atoms with Crippen LogP contribution in [0.2, 0.25) is 0 Å². The summed E-state index contributed by atoms with van der Waals surface area (Å²) in [5.74, 6) is -1.78. The van der Waals surface area contributed by atoms with Gasteiger partial charge in [0.2, 0.25) is 0 Å². The fourth-order valence-corrected chi connectivity index (χ4v) is 4.60. The van der Waals surface area contributed by atoms with E-state index in [-0.39, 0.29) is 42.4 Å². The molecular formula is C32H34O13. The maximum Gasteiger partial charge on any atom is 0.513 e. The Bertz CT molecular complexity index is 1350. The van der Waals surface area contributed by atoms with Crippen molar-refractivity contribution in [2.45, 2.75) is 57.0 Å². The van der Waals surface area contributed by atoms with Crippen molar-refractivity contribution < 1.29 is 61.9 Å². The molecule has 0 aromatic heterocycles. The molecule has 4 rings (SSSR count). The van der Waals surface area contributed by atoms with Crippen LogP contribution in [0.5, 0.6) is 11.5 Å². The molecule has 0 spiro atoms. The molecule has 240 valence electrons. The Labute approximate surface area is 259 Å². The number of carbonyl (C=O) groups is 5. The topological polar surface area (TPSA) is 159 Å². The number of rotatable bonds is 14. The Morgan fingerprint density at radius 1 is 0.711 bits per heavy atom. The van der Waals surface area contributed by atoms with Crippen molar-refractivity contribution in [1.82, 2.24) is 0 Å². The molecule has 2 aromatic carbocycles. The van der Waals surface area contributed by atoms with E-state index in [2.05, 4.69) is 6.58 Å². The highest BCUT2D eigenvalue weighted by atomic mass is 16.7. The summed E-state index contributed by atoms with van der Waals surface area (Å²) in [6.45, 7) is 5.39. The Balaban J connectivity index is 1.15. The lowest BCUT2D eigenvalue weighted by Crippen LogP contribution is -2.35. The van der Waals surface area contributed by atoms with Crippen LogP contribution in [-0.4, -0.2) is 80.9 Å². The number of unbranched alkanes of at least 4 members (excludes halogenated alkanes) is 3. The fourth-order valence-electron chi connectivity index (χ4n) is 4.60. The molecule has 0 saturated carbocycles. The lowest BCUT2D eigenvalue weighted by atomic mass is 10.1. The van der Waals surface area contributed by atoms with Crippen molar-refractivity contribution in [1.29, 1.82) is 0 Å². The van der Waals surface area contributed by atoms with Gasteiger partial charge in [0.05, 0.1) is 37.6 Å². The van der Waals surface area contributed by atoms with Crippen LogP contribution < -0.4 is 9.47 Å². The minimum Gasteiger partial charge on any atom is -0.463 e. The van der Waals surface area contributed by atoms with E-state index in [9.17, 15) is 24.0 Å². The molecule has 2 aromatic rings. The first-order chi connectivity index (χ1) is 21.7. The molecule has 13 heteroatoms. The lowest BCUT2D eigenvalue weighted by Gasteiger charge is -2.17. The summed E-state index contributed by atoms with van der Waals surface area (Å²) in [7, 11) is 0. The van der Waals surface area contributed by atoms with Gasteiger partial charge in [-0.1, -0.05) is 6.58 Å². The zero-order valence-corrected chi connectivity index (χ0v) is 24.7. The van der Waals surface area contributed by atoms with E-state index >= 15 is 0 Å². The molecule has 0 radical (unpaired) electrons. The van der Waals surface area contributed by atoms with E-state index in [1.807, 2.05) is 0 Å². The monoisotopic (exact) mass is 626 g/mol. The summed E-state index contributed by atoms with van der Waals surface area (Å²) >= 11 is 0. The fraction of sp³-hybridized carbons (Fsp3) is 0.406. The predicted molar refractivity (Wildman–Crippen MR) is 154 cm³/mol. The molecule has 0 N–H and O–H groups in total. The first kappa shape index (κ1) is 33.1. The SMILES string of the molecule is C=CC(=O)OCCCCCCOC(=O)Oc1ccc(C(=O)Oc2ccc(C(=O)O[C@H]3COC4C(OC(C)=O)COC43)cc2)cc1. The molecule has 2 fully saturated rings. The molecule has 0 bridgehead atoms. The number of esters is 4. The number of carbonyl (C=O) groups excluding carboxylic acids is 5. The third-order valence-corrected chi connectivity index (χ3v) is 6.80. The van der Waals surface area contributed by atoms with Crippen molar-refractivity contribution in [2.24, 2.45) is 0 Å². The van der Waals surface area contributed by atoms with Crippen LogP contribution in [0, 0.1) is 0 Å². The summed E-state index contributed by atoms with van der Waals surface area (Å²) in [5.41, 5.74) is 0.435. The maximum absolute atomic E-state index is 12.7. The molecule has 2 heterocycles.